The number of nitrogens with zero attached hydrogens (tertiary/aromatic N) is 2. The maximum Gasteiger partial charge on any atom is 0.118 e. The Morgan fingerprint density at radius 3 is 3.00 bits per heavy atom. The molecule has 0 aromatic carbocycles. The molecule has 1 atom stereocenters. The zero-order chi connectivity index (χ0) is 12.3. The van der Waals surface area contributed by atoms with E-state index in [4.69, 9.17) is 0 Å². The summed E-state index contributed by atoms with van der Waals surface area (Å²) in [4.78, 5) is 4.31. The highest BCUT2D eigenvalue weighted by atomic mass is 79.9. The second-order valence-corrected chi connectivity index (χ2v) is 6.00. The second kappa shape index (κ2) is 5.38. The SMILES string of the molecule is CNC(C#N)(CSc1ncccc1Br)C1CC1. The van der Waals surface area contributed by atoms with Crippen LogP contribution in [0.1, 0.15) is 12.8 Å². The molecule has 5 heteroatoms. The molecule has 0 bridgehead atoms. The molecule has 1 unspecified atom stereocenters. The maximum atomic E-state index is 9.38. The van der Waals surface area contributed by atoms with Crippen molar-refractivity contribution in [2.45, 2.75) is 23.4 Å². The fraction of sp³-hybridized carbons (Fsp3) is 0.500. The van der Waals surface area contributed by atoms with Gasteiger partial charge in [0, 0.05) is 16.4 Å². The summed E-state index contributed by atoms with van der Waals surface area (Å²) in [6, 6.07) is 6.31. The van der Waals surface area contributed by atoms with Gasteiger partial charge in [-0.1, -0.05) is 0 Å². The predicted molar refractivity (Wildman–Crippen MR) is 72.8 cm³/mol. The fourth-order valence-electron chi connectivity index (χ4n) is 1.81. The lowest BCUT2D eigenvalue weighted by molar-refractivity contribution is 0.441. The van der Waals surface area contributed by atoms with Gasteiger partial charge in [0.2, 0.25) is 0 Å². The first-order chi connectivity index (χ1) is 8.22. The molecule has 0 amide bonds. The van der Waals surface area contributed by atoms with Crippen LogP contribution in [0.4, 0.5) is 0 Å². The van der Waals surface area contributed by atoms with Crippen LogP contribution in [-0.2, 0) is 0 Å². The normalized spacial score (nSPS) is 18.4. The molecule has 0 radical (unpaired) electrons. The number of pyridine rings is 1. The first-order valence-corrected chi connectivity index (χ1v) is 7.33. The Bertz CT molecular complexity index is 442. The average Bonchev–Trinajstić information content (AvgIpc) is 3.18. The van der Waals surface area contributed by atoms with Crippen LogP contribution in [0.2, 0.25) is 0 Å². The summed E-state index contributed by atoms with van der Waals surface area (Å²) in [7, 11) is 1.87. The third-order valence-corrected chi connectivity index (χ3v) is 5.18. The van der Waals surface area contributed by atoms with Crippen molar-refractivity contribution in [1.29, 1.82) is 5.26 Å². The van der Waals surface area contributed by atoms with E-state index in [0.717, 1.165) is 28.1 Å². The minimum Gasteiger partial charge on any atom is -0.302 e. The van der Waals surface area contributed by atoms with E-state index in [1.807, 2.05) is 19.2 Å². The van der Waals surface area contributed by atoms with E-state index in [-0.39, 0.29) is 0 Å². The molecule has 2 rings (SSSR count). The van der Waals surface area contributed by atoms with Gasteiger partial charge in [0.05, 0.1) is 6.07 Å². The van der Waals surface area contributed by atoms with E-state index in [1.165, 1.54) is 0 Å². The molecule has 1 aliphatic carbocycles. The molecule has 1 heterocycles. The van der Waals surface area contributed by atoms with E-state index in [1.54, 1.807) is 18.0 Å². The zero-order valence-electron chi connectivity index (χ0n) is 9.61. The summed E-state index contributed by atoms with van der Waals surface area (Å²) >= 11 is 5.10. The molecule has 1 aromatic rings. The molecular weight excluding hydrogens is 298 g/mol. The molecule has 0 aliphatic heterocycles. The van der Waals surface area contributed by atoms with Crippen LogP contribution in [-0.4, -0.2) is 23.3 Å². The lowest BCUT2D eigenvalue weighted by Gasteiger charge is -2.25. The maximum absolute atomic E-state index is 9.38. The van der Waals surface area contributed by atoms with Crippen molar-refractivity contribution in [1.82, 2.24) is 10.3 Å². The van der Waals surface area contributed by atoms with Gasteiger partial charge in [-0.25, -0.2) is 4.98 Å². The van der Waals surface area contributed by atoms with E-state index in [9.17, 15) is 5.26 Å². The van der Waals surface area contributed by atoms with Crippen LogP contribution < -0.4 is 5.32 Å². The second-order valence-electron chi connectivity index (χ2n) is 4.19. The number of aromatic nitrogens is 1. The van der Waals surface area contributed by atoms with Crippen LogP contribution in [0.3, 0.4) is 0 Å². The number of hydrogen-bond acceptors (Lipinski definition) is 4. The molecule has 3 nitrogen and oxygen atoms in total. The largest absolute Gasteiger partial charge is 0.302 e. The van der Waals surface area contributed by atoms with Crippen molar-refractivity contribution in [3.63, 3.8) is 0 Å². The van der Waals surface area contributed by atoms with Crippen LogP contribution in [0.25, 0.3) is 0 Å². The van der Waals surface area contributed by atoms with Crippen molar-refractivity contribution in [3.8, 4) is 6.07 Å². The molecule has 0 spiro atoms. The molecule has 90 valence electrons. The van der Waals surface area contributed by atoms with Crippen LogP contribution in [0, 0.1) is 17.2 Å². The first-order valence-electron chi connectivity index (χ1n) is 5.55. The number of nitriles is 1. The van der Waals surface area contributed by atoms with Gasteiger partial charge in [0.1, 0.15) is 10.6 Å². The Morgan fingerprint density at radius 1 is 1.71 bits per heavy atom. The highest BCUT2D eigenvalue weighted by molar-refractivity contribution is 9.10. The van der Waals surface area contributed by atoms with E-state index < -0.39 is 5.54 Å². The van der Waals surface area contributed by atoms with Crippen molar-refractivity contribution < 1.29 is 0 Å². The summed E-state index contributed by atoms with van der Waals surface area (Å²) in [6.45, 7) is 0. The lowest BCUT2D eigenvalue weighted by Crippen LogP contribution is -2.46. The Morgan fingerprint density at radius 2 is 2.47 bits per heavy atom. The Hall–Kier alpha value is -0.570. The van der Waals surface area contributed by atoms with Gasteiger partial charge in [-0.2, -0.15) is 5.26 Å². The average molecular weight is 312 g/mol. The third kappa shape index (κ3) is 2.82. The van der Waals surface area contributed by atoms with Crippen LogP contribution >= 0.6 is 27.7 Å². The van der Waals surface area contributed by atoms with Crippen molar-refractivity contribution in [2.75, 3.05) is 12.8 Å². The minimum absolute atomic E-state index is 0.401. The topological polar surface area (TPSA) is 48.7 Å². The minimum atomic E-state index is -0.401. The zero-order valence-corrected chi connectivity index (χ0v) is 12.0. The summed E-state index contributed by atoms with van der Waals surface area (Å²) in [5.41, 5.74) is -0.401. The molecule has 1 aliphatic rings. The standard InChI is InChI=1S/C12H14BrN3S/c1-15-12(7-14,9-4-5-9)8-17-11-10(13)3-2-6-16-11/h2-3,6,9,15H,4-5,8H2,1H3. The van der Waals surface area contributed by atoms with Gasteiger partial charge in [-0.15, -0.1) is 11.8 Å². The molecule has 1 aromatic heterocycles. The van der Waals surface area contributed by atoms with Gasteiger partial charge in [0.25, 0.3) is 0 Å². The number of thioether (sulfide) groups is 1. The molecular formula is C12H14BrN3S. The number of halogens is 1. The van der Waals surface area contributed by atoms with Crippen LogP contribution in [0.5, 0.6) is 0 Å². The number of rotatable bonds is 5. The summed E-state index contributed by atoms with van der Waals surface area (Å²) in [6.07, 6.45) is 4.08. The van der Waals surface area contributed by atoms with Gasteiger partial charge in [0.15, 0.2) is 0 Å². The van der Waals surface area contributed by atoms with Gasteiger partial charge < -0.3 is 5.32 Å². The summed E-state index contributed by atoms with van der Waals surface area (Å²) < 4.78 is 0.990. The first kappa shape index (κ1) is 12.9. The third-order valence-electron chi connectivity index (χ3n) is 3.08. The Kier molecular flexibility index (Phi) is 4.08. The van der Waals surface area contributed by atoms with E-state index >= 15 is 0 Å². The number of nitrogens with one attached hydrogen (secondary N) is 1. The Balaban J connectivity index is 2.06. The molecule has 0 saturated heterocycles. The van der Waals surface area contributed by atoms with Gasteiger partial charge >= 0.3 is 0 Å². The number of hydrogen-bond donors (Lipinski definition) is 1. The molecule has 1 saturated carbocycles. The predicted octanol–water partition coefficient (Wildman–Crippen LogP) is 2.83. The highest BCUT2D eigenvalue weighted by Crippen LogP contribution is 2.42. The van der Waals surface area contributed by atoms with E-state index in [0.29, 0.717) is 5.92 Å². The van der Waals surface area contributed by atoms with E-state index in [2.05, 4.69) is 32.3 Å². The quantitative estimate of drug-likeness (QED) is 0.850. The smallest absolute Gasteiger partial charge is 0.118 e. The highest BCUT2D eigenvalue weighted by Gasteiger charge is 2.44. The van der Waals surface area contributed by atoms with Crippen molar-refractivity contribution in [2.24, 2.45) is 5.92 Å². The molecule has 17 heavy (non-hydrogen) atoms. The lowest BCUT2D eigenvalue weighted by atomic mass is 9.98. The fourth-order valence-corrected chi connectivity index (χ4v) is 3.56. The van der Waals surface area contributed by atoms with Crippen molar-refractivity contribution in [3.05, 3.63) is 22.8 Å². The van der Waals surface area contributed by atoms with Gasteiger partial charge in [-0.3, -0.25) is 0 Å². The molecule has 1 N–H and O–H groups in total. The van der Waals surface area contributed by atoms with Gasteiger partial charge in [-0.05, 0) is 53.9 Å². The summed E-state index contributed by atoms with van der Waals surface area (Å²) in [5.74, 6) is 1.23. The monoisotopic (exact) mass is 311 g/mol. The molecule has 1 fully saturated rings. The summed E-state index contributed by atoms with van der Waals surface area (Å²) in [5, 5.41) is 13.5. The van der Waals surface area contributed by atoms with Crippen LogP contribution in [0.15, 0.2) is 27.8 Å². The Labute approximate surface area is 114 Å². The van der Waals surface area contributed by atoms with Crippen molar-refractivity contribution >= 4 is 27.7 Å².